The van der Waals surface area contributed by atoms with Gasteiger partial charge < -0.3 is 9.47 Å². The van der Waals surface area contributed by atoms with Crippen LogP contribution in [0.3, 0.4) is 0 Å². The number of ether oxygens (including phenoxy) is 2. The molecular formula is C10H18O2. The van der Waals surface area contributed by atoms with Gasteiger partial charge in [-0.15, -0.1) is 0 Å². The average Bonchev–Trinajstić information content (AvgIpc) is 2.41. The second-order valence-corrected chi connectivity index (χ2v) is 5.05. The summed E-state index contributed by atoms with van der Waals surface area (Å²) in [7, 11) is 0. The molecule has 2 aliphatic rings. The van der Waals surface area contributed by atoms with Crippen molar-refractivity contribution in [2.75, 3.05) is 13.2 Å². The van der Waals surface area contributed by atoms with Gasteiger partial charge in [-0.05, 0) is 33.6 Å². The van der Waals surface area contributed by atoms with E-state index in [2.05, 4.69) is 20.8 Å². The zero-order valence-electron chi connectivity index (χ0n) is 8.22. The van der Waals surface area contributed by atoms with Gasteiger partial charge in [0, 0.05) is 5.41 Å². The molecule has 2 heteroatoms. The molecule has 0 N–H and O–H groups in total. The highest BCUT2D eigenvalue weighted by atomic mass is 16.5. The zero-order valence-corrected chi connectivity index (χ0v) is 8.22. The van der Waals surface area contributed by atoms with Gasteiger partial charge in [-0.1, -0.05) is 0 Å². The van der Waals surface area contributed by atoms with Crippen LogP contribution in [0, 0.1) is 5.41 Å². The van der Waals surface area contributed by atoms with E-state index in [0.717, 1.165) is 19.6 Å². The van der Waals surface area contributed by atoms with E-state index in [9.17, 15) is 0 Å². The molecule has 0 radical (unpaired) electrons. The van der Waals surface area contributed by atoms with Crippen molar-refractivity contribution in [3.63, 3.8) is 0 Å². The lowest BCUT2D eigenvalue weighted by atomic mass is 9.80. The predicted molar refractivity (Wildman–Crippen MR) is 47.1 cm³/mol. The number of rotatable bonds is 0. The van der Waals surface area contributed by atoms with Crippen LogP contribution in [-0.2, 0) is 9.47 Å². The topological polar surface area (TPSA) is 18.5 Å². The molecule has 12 heavy (non-hydrogen) atoms. The van der Waals surface area contributed by atoms with Crippen molar-refractivity contribution in [3.8, 4) is 0 Å². The zero-order chi connectivity index (χ0) is 8.82. The van der Waals surface area contributed by atoms with Gasteiger partial charge in [-0.25, -0.2) is 0 Å². The molecule has 2 saturated heterocycles. The molecule has 0 bridgehead atoms. The highest BCUT2D eigenvalue weighted by Crippen LogP contribution is 2.46. The standard InChI is InChI=1S/C10H18O2/c1-8-4-10(6-11-8)5-9(2,3)12-7-10/h8H,4-7H2,1-3H3. The van der Waals surface area contributed by atoms with Gasteiger partial charge in [-0.2, -0.15) is 0 Å². The fourth-order valence-corrected chi connectivity index (χ4v) is 2.62. The molecule has 2 rings (SSSR count). The maximum atomic E-state index is 5.75. The second-order valence-electron chi connectivity index (χ2n) is 5.05. The van der Waals surface area contributed by atoms with E-state index < -0.39 is 0 Å². The van der Waals surface area contributed by atoms with E-state index in [1.807, 2.05) is 0 Å². The lowest BCUT2D eigenvalue weighted by Crippen LogP contribution is -2.23. The van der Waals surface area contributed by atoms with Crippen LogP contribution in [0.5, 0.6) is 0 Å². The summed E-state index contributed by atoms with van der Waals surface area (Å²) >= 11 is 0. The summed E-state index contributed by atoms with van der Waals surface area (Å²) in [6, 6.07) is 0. The molecule has 0 aromatic carbocycles. The largest absolute Gasteiger partial charge is 0.378 e. The maximum absolute atomic E-state index is 5.75. The van der Waals surface area contributed by atoms with Crippen LogP contribution in [0.2, 0.25) is 0 Å². The minimum absolute atomic E-state index is 0.0768. The van der Waals surface area contributed by atoms with Crippen LogP contribution >= 0.6 is 0 Å². The fourth-order valence-electron chi connectivity index (χ4n) is 2.62. The Morgan fingerprint density at radius 2 is 2.00 bits per heavy atom. The normalized spacial score (nSPS) is 45.8. The molecule has 2 unspecified atom stereocenters. The molecule has 0 aliphatic carbocycles. The Labute approximate surface area is 74.2 Å². The average molecular weight is 170 g/mol. The third-order valence-corrected chi connectivity index (χ3v) is 2.96. The van der Waals surface area contributed by atoms with Gasteiger partial charge in [0.15, 0.2) is 0 Å². The van der Waals surface area contributed by atoms with Crippen molar-refractivity contribution in [2.24, 2.45) is 5.41 Å². The first kappa shape index (κ1) is 8.52. The first-order chi connectivity index (χ1) is 5.52. The Hall–Kier alpha value is -0.0800. The molecule has 0 aromatic heterocycles. The summed E-state index contributed by atoms with van der Waals surface area (Å²) in [6.07, 6.45) is 2.77. The predicted octanol–water partition coefficient (Wildman–Crippen LogP) is 1.98. The SMILES string of the molecule is CC1CC2(CO1)COC(C)(C)C2. The quantitative estimate of drug-likeness (QED) is 0.553. The van der Waals surface area contributed by atoms with Gasteiger partial charge in [0.2, 0.25) is 0 Å². The Bertz CT molecular complexity index is 188. The van der Waals surface area contributed by atoms with Crippen LogP contribution in [-0.4, -0.2) is 24.9 Å². The molecule has 2 fully saturated rings. The monoisotopic (exact) mass is 170 g/mol. The lowest BCUT2D eigenvalue weighted by molar-refractivity contribution is 0.0300. The lowest BCUT2D eigenvalue weighted by Gasteiger charge is -2.20. The number of hydrogen-bond acceptors (Lipinski definition) is 2. The number of hydrogen-bond donors (Lipinski definition) is 0. The molecule has 2 heterocycles. The molecule has 0 saturated carbocycles. The minimum atomic E-state index is 0.0768. The van der Waals surface area contributed by atoms with Crippen LogP contribution in [0.15, 0.2) is 0 Å². The van der Waals surface area contributed by atoms with Gasteiger partial charge in [-0.3, -0.25) is 0 Å². The second kappa shape index (κ2) is 2.46. The van der Waals surface area contributed by atoms with Crippen molar-refractivity contribution in [1.29, 1.82) is 0 Å². The molecule has 2 atom stereocenters. The summed E-state index contributed by atoms with van der Waals surface area (Å²) in [5, 5.41) is 0. The smallest absolute Gasteiger partial charge is 0.0633 e. The van der Waals surface area contributed by atoms with Crippen molar-refractivity contribution in [3.05, 3.63) is 0 Å². The molecule has 70 valence electrons. The Morgan fingerprint density at radius 1 is 1.25 bits per heavy atom. The van der Waals surface area contributed by atoms with E-state index in [-0.39, 0.29) is 5.60 Å². The molecule has 0 amide bonds. The summed E-state index contributed by atoms with van der Waals surface area (Å²) in [5.41, 5.74) is 0.427. The van der Waals surface area contributed by atoms with Crippen LogP contribution in [0.25, 0.3) is 0 Å². The summed E-state index contributed by atoms with van der Waals surface area (Å²) in [4.78, 5) is 0. The van der Waals surface area contributed by atoms with Crippen LogP contribution < -0.4 is 0 Å². The van der Waals surface area contributed by atoms with Gasteiger partial charge >= 0.3 is 0 Å². The first-order valence-corrected chi connectivity index (χ1v) is 4.77. The van der Waals surface area contributed by atoms with E-state index in [4.69, 9.17) is 9.47 Å². The molecular weight excluding hydrogens is 152 g/mol. The van der Waals surface area contributed by atoms with Crippen LogP contribution in [0.4, 0.5) is 0 Å². The summed E-state index contributed by atoms with van der Waals surface area (Å²) < 4.78 is 11.4. The molecule has 2 nitrogen and oxygen atoms in total. The van der Waals surface area contributed by atoms with Gasteiger partial charge in [0.1, 0.15) is 0 Å². The summed E-state index contributed by atoms with van der Waals surface area (Å²) in [6.45, 7) is 8.29. The van der Waals surface area contributed by atoms with Crippen molar-refractivity contribution >= 4 is 0 Å². The third kappa shape index (κ3) is 1.38. The first-order valence-electron chi connectivity index (χ1n) is 4.77. The Morgan fingerprint density at radius 3 is 2.42 bits per heavy atom. The van der Waals surface area contributed by atoms with Crippen LogP contribution in [0.1, 0.15) is 33.6 Å². The molecule has 1 spiro atoms. The Kier molecular flexibility index (Phi) is 1.74. The molecule has 2 aliphatic heterocycles. The van der Waals surface area contributed by atoms with E-state index in [0.29, 0.717) is 11.5 Å². The molecule has 0 aromatic rings. The van der Waals surface area contributed by atoms with E-state index >= 15 is 0 Å². The summed E-state index contributed by atoms with van der Waals surface area (Å²) in [5.74, 6) is 0. The maximum Gasteiger partial charge on any atom is 0.0633 e. The third-order valence-electron chi connectivity index (χ3n) is 2.96. The Balaban J connectivity index is 2.06. The van der Waals surface area contributed by atoms with Crippen molar-refractivity contribution in [2.45, 2.75) is 45.3 Å². The van der Waals surface area contributed by atoms with E-state index in [1.54, 1.807) is 0 Å². The highest BCUT2D eigenvalue weighted by molar-refractivity contribution is 4.96. The van der Waals surface area contributed by atoms with Gasteiger partial charge in [0.05, 0.1) is 24.9 Å². The van der Waals surface area contributed by atoms with E-state index in [1.165, 1.54) is 6.42 Å². The van der Waals surface area contributed by atoms with Crippen molar-refractivity contribution in [1.82, 2.24) is 0 Å². The van der Waals surface area contributed by atoms with Crippen molar-refractivity contribution < 1.29 is 9.47 Å². The minimum Gasteiger partial charge on any atom is -0.378 e. The van der Waals surface area contributed by atoms with Gasteiger partial charge in [0.25, 0.3) is 0 Å². The highest BCUT2D eigenvalue weighted by Gasteiger charge is 2.48. The fraction of sp³-hybridized carbons (Fsp3) is 1.00.